The molecule has 5 heteroatoms. The van der Waals surface area contributed by atoms with Crippen molar-refractivity contribution in [1.82, 2.24) is 0 Å². The third-order valence-corrected chi connectivity index (χ3v) is 3.16. The van der Waals surface area contributed by atoms with E-state index in [0.29, 0.717) is 11.4 Å². The summed E-state index contributed by atoms with van der Waals surface area (Å²) < 4.78 is 5.33. The van der Waals surface area contributed by atoms with Crippen molar-refractivity contribution < 1.29 is 9.53 Å². The average molecular weight is 281 g/mol. The van der Waals surface area contributed by atoms with Crippen molar-refractivity contribution in [3.63, 3.8) is 0 Å². The summed E-state index contributed by atoms with van der Waals surface area (Å²) in [6.07, 6.45) is 0. The number of rotatable bonds is 3. The van der Waals surface area contributed by atoms with Gasteiger partial charge in [0.25, 0.3) is 5.91 Å². The second-order valence-electron chi connectivity index (χ2n) is 4.72. The quantitative estimate of drug-likeness (QED) is 0.671. The van der Waals surface area contributed by atoms with E-state index in [2.05, 4.69) is 15.8 Å². The lowest BCUT2D eigenvalue weighted by molar-refractivity contribution is -0.118. The first kappa shape index (κ1) is 13.2. The van der Waals surface area contributed by atoms with Crippen LogP contribution in [0.15, 0.2) is 53.6 Å². The van der Waals surface area contributed by atoms with Crippen molar-refractivity contribution in [3.05, 3.63) is 54.1 Å². The molecule has 1 amide bonds. The van der Waals surface area contributed by atoms with Gasteiger partial charge >= 0.3 is 0 Å². The van der Waals surface area contributed by atoms with E-state index in [1.165, 1.54) is 0 Å². The van der Waals surface area contributed by atoms with Crippen LogP contribution >= 0.6 is 0 Å². The Kier molecular flexibility index (Phi) is 3.55. The zero-order chi connectivity index (χ0) is 14.7. The Morgan fingerprint density at radius 1 is 1.24 bits per heavy atom. The molecule has 2 aromatic carbocycles. The predicted octanol–water partition coefficient (Wildman–Crippen LogP) is 2.85. The molecule has 0 aliphatic carbocycles. The molecule has 1 aliphatic rings. The number of ether oxygens (including phenoxy) is 1. The molecular formula is C16H15N3O2. The minimum absolute atomic E-state index is 0.0645. The van der Waals surface area contributed by atoms with E-state index in [-0.39, 0.29) is 12.5 Å². The Morgan fingerprint density at radius 3 is 2.86 bits per heavy atom. The molecule has 0 aromatic heterocycles. The summed E-state index contributed by atoms with van der Waals surface area (Å²) in [5.41, 5.74) is 6.34. The van der Waals surface area contributed by atoms with Gasteiger partial charge in [0.1, 0.15) is 5.75 Å². The number of carbonyl (C=O) groups excluding carboxylic acids is 1. The van der Waals surface area contributed by atoms with Gasteiger partial charge in [0.15, 0.2) is 6.61 Å². The molecule has 0 saturated carbocycles. The number of benzene rings is 2. The lowest BCUT2D eigenvalue weighted by Gasteiger charge is -2.18. The largest absolute Gasteiger partial charge is 0.482 e. The maximum absolute atomic E-state index is 11.3. The highest BCUT2D eigenvalue weighted by atomic mass is 16.5. The summed E-state index contributed by atoms with van der Waals surface area (Å²) in [7, 11) is 0. The van der Waals surface area contributed by atoms with Gasteiger partial charge in [-0.05, 0) is 42.8 Å². The summed E-state index contributed by atoms with van der Waals surface area (Å²) in [5.74, 6) is 0.541. The second-order valence-corrected chi connectivity index (χ2v) is 4.72. The van der Waals surface area contributed by atoms with E-state index in [9.17, 15) is 4.79 Å². The van der Waals surface area contributed by atoms with E-state index >= 15 is 0 Å². The van der Waals surface area contributed by atoms with Crippen molar-refractivity contribution in [2.45, 2.75) is 6.92 Å². The Labute approximate surface area is 122 Å². The van der Waals surface area contributed by atoms with E-state index in [4.69, 9.17) is 4.74 Å². The van der Waals surface area contributed by atoms with Crippen molar-refractivity contribution in [1.29, 1.82) is 0 Å². The Bertz CT molecular complexity index is 696. The summed E-state index contributed by atoms with van der Waals surface area (Å²) in [5, 5.41) is 7.14. The summed E-state index contributed by atoms with van der Waals surface area (Å²) in [4.78, 5) is 11.3. The SMILES string of the molecule is C/C(=N\Nc1ccccc1)c1ccc2c(c1)NC(=O)CO2. The van der Waals surface area contributed by atoms with Gasteiger partial charge in [0.05, 0.1) is 17.1 Å². The van der Waals surface area contributed by atoms with E-state index in [1.807, 2.05) is 55.5 Å². The lowest BCUT2D eigenvalue weighted by atomic mass is 10.1. The maximum atomic E-state index is 11.3. The number of hydrogen-bond donors (Lipinski definition) is 2. The van der Waals surface area contributed by atoms with Crippen molar-refractivity contribution in [3.8, 4) is 5.75 Å². The van der Waals surface area contributed by atoms with Crippen LogP contribution in [0.2, 0.25) is 0 Å². The first-order valence-corrected chi connectivity index (χ1v) is 6.65. The van der Waals surface area contributed by atoms with Crippen molar-refractivity contribution >= 4 is 23.0 Å². The molecule has 1 aliphatic heterocycles. The standard InChI is InChI=1S/C16H15N3O2/c1-11(18-19-13-5-3-2-4-6-13)12-7-8-15-14(9-12)17-16(20)10-21-15/h2-9,19H,10H2,1H3,(H,17,20)/b18-11+. The molecular weight excluding hydrogens is 266 g/mol. The minimum atomic E-state index is -0.142. The van der Waals surface area contributed by atoms with Crippen LogP contribution in [0.5, 0.6) is 5.75 Å². The van der Waals surface area contributed by atoms with Gasteiger partial charge in [0, 0.05) is 0 Å². The van der Waals surface area contributed by atoms with Crippen molar-refractivity contribution in [2.75, 3.05) is 17.3 Å². The molecule has 0 saturated heterocycles. The van der Waals surface area contributed by atoms with Gasteiger partial charge < -0.3 is 10.1 Å². The molecule has 0 unspecified atom stereocenters. The smallest absolute Gasteiger partial charge is 0.262 e. The topological polar surface area (TPSA) is 62.7 Å². The van der Waals surface area contributed by atoms with Crippen LogP contribution in [-0.2, 0) is 4.79 Å². The number of anilines is 2. The third kappa shape index (κ3) is 3.02. The van der Waals surface area contributed by atoms with Crippen LogP contribution < -0.4 is 15.5 Å². The predicted molar refractivity (Wildman–Crippen MR) is 82.8 cm³/mol. The highest BCUT2D eigenvalue weighted by molar-refractivity contribution is 6.02. The fraction of sp³-hybridized carbons (Fsp3) is 0.125. The molecule has 2 aromatic rings. The molecule has 0 bridgehead atoms. The summed E-state index contributed by atoms with van der Waals surface area (Å²) in [6.45, 7) is 1.97. The lowest BCUT2D eigenvalue weighted by Crippen LogP contribution is -2.25. The molecule has 2 N–H and O–H groups in total. The number of amides is 1. The van der Waals surface area contributed by atoms with Gasteiger partial charge in [-0.1, -0.05) is 18.2 Å². The zero-order valence-electron chi connectivity index (χ0n) is 11.6. The normalized spacial score (nSPS) is 14.0. The average Bonchev–Trinajstić information content (AvgIpc) is 2.53. The fourth-order valence-corrected chi connectivity index (χ4v) is 2.03. The second kappa shape index (κ2) is 5.66. The van der Waals surface area contributed by atoms with Gasteiger partial charge in [-0.3, -0.25) is 10.2 Å². The molecule has 5 nitrogen and oxygen atoms in total. The van der Waals surface area contributed by atoms with Crippen LogP contribution in [0.1, 0.15) is 12.5 Å². The van der Waals surface area contributed by atoms with Crippen molar-refractivity contribution in [2.24, 2.45) is 5.10 Å². The van der Waals surface area contributed by atoms with E-state index in [1.54, 1.807) is 0 Å². The first-order valence-electron chi connectivity index (χ1n) is 6.65. The maximum Gasteiger partial charge on any atom is 0.262 e. The van der Waals surface area contributed by atoms with Crippen LogP contribution in [-0.4, -0.2) is 18.2 Å². The molecule has 0 atom stereocenters. The number of carbonyl (C=O) groups is 1. The number of para-hydroxylation sites is 1. The zero-order valence-corrected chi connectivity index (χ0v) is 11.6. The van der Waals surface area contributed by atoms with Crippen LogP contribution in [0.4, 0.5) is 11.4 Å². The summed E-state index contributed by atoms with van der Waals surface area (Å²) >= 11 is 0. The molecule has 21 heavy (non-hydrogen) atoms. The monoisotopic (exact) mass is 281 g/mol. The molecule has 1 heterocycles. The van der Waals surface area contributed by atoms with Gasteiger partial charge in [0.2, 0.25) is 0 Å². The molecule has 106 valence electrons. The number of fused-ring (bicyclic) bond motifs is 1. The van der Waals surface area contributed by atoms with Crippen LogP contribution in [0.3, 0.4) is 0 Å². The highest BCUT2D eigenvalue weighted by Crippen LogP contribution is 2.28. The number of hydrogen-bond acceptors (Lipinski definition) is 4. The summed E-state index contributed by atoms with van der Waals surface area (Å²) in [6, 6.07) is 15.3. The molecule has 3 rings (SSSR count). The number of hydrazone groups is 1. The Hall–Kier alpha value is -2.82. The number of nitrogens with one attached hydrogen (secondary N) is 2. The van der Waals surface area contributed by atoms with Gasteiger partial charge in [-0.15, -0.1) is 0 Å². The Balaban J connectivity index is 1.80. The molecule has 0 spiro atoms. The Morgan fingerprint density at radius 2 is 2.05 bits per heavy atom. The fourth-order valence-electron chi connectivity index (χ4n) is 2.03. The molecule has 0 radical (unpaired) electrons. The van der Waals surface area contributed by atoms with E-state index < -0.39 is 0 Å². The van der Waals surface area contributed by atoms with Gasteiger partial charge in [-0.25, -0.2) is 0 Å². The highest BCUT2D eigenvalue weighted by Gasteiger charge is 2.16. The van der Waals surface area contributed by atoms with Crippen LogP contribution in [0, 0.1) is 0 Å². The van der Waals surface area contributed by atoms with Crippen LogP contribution in [0.25, 0.3) is 0 Å². The molecule has 0 fully saturated rings. The van der Waals surface area contributed by atoms with Gasteiger partial charge in [-0.2, -0.15) is 5.10 Å². The van der Waals surface area contributed by atoms with E-state index in [0.717, 1.165) is 17.0 Å². The third-order valence-electron chi connectivity index (χ3n) is 3.16. The first-order chi connectivity index (χ1) is 10.2. The minimum Gasteiger partial charge on any atom is -0.482 e. The number of nitrogens with zero attached hydrogens (tertiary/aromatic N) is 1.